The Labute approximate surface area is 94.0 Å². The van der Waals surface area contributed by atoms with Crippen LogP contribution < -0.4 is 5.32 Å². The Morgan fingerprint density at radius 1 is 1.62 bits per heavy atom. The zero-order valence-corrected chi connectivity index (χ0v) is 9.73. The van der Waals surface area contributed by atoms with Crippen LogP contribution in [0.2, 0.25) is 0 Å². The summed E-state index contributed by atoms with van der Waals surface area (Å²) < 4.78 is 4.68. The van der Waals surface area contributed by atoms with Crippen molar-refractivity contribution in [3.63, 3.8) is 0 Å². The number of aliphatic hydroxyl groups is 1. The molecule has 1 rings (SSSR count). The first-order valence-corrected chi connectivity index (χ1v) is 5.31. The number of hydrogen-bond acceptors (Lipinski definition) is 5. The molecule has 0 aliphatic carbocycles. The molecule has 0 aromatic carbocycles. The van der Waals surface area contributed by atoms with Crippen LogP contribution >= 0.6 is 0 Å². The quantitative estimate of drug-likeness (QED) is 0.765. The molecule has 0 spiro atoms. The fourth-order valence-corrected chi connectivity index (χ4v) is 1.14. The first kappa shape index (κ1) is 12.6. The van der Waals surface area contributed by atoms with E-state index in [2.05, 4.69) is 20.0 Å². The van der Waals surface area contributed by atoms with E-state index in [1.54, 1.807) is 6.92 Å². The second-order valence-electron chi connectivity index (χ2n) is 3.80. The van der Waals surface area contributed by atoms with Crippen LogP contribution in [0.1, 0.15) is 36.8 Å². The molecule has 0 fully saturated rings. The van der Waals surface area contributed by atoms with Crippen LogP contribution in [-0.2, 0) is 0 Å². The molecule has 2 N–H and O–H groups in total. The van der Waals surface area contributed by atoms with Gasteiger partial charge in [0.15, 0.2) is 0 Å². The molecule has 6 heteroatoms. The highest BCUT2D eigenvalue weighted by Gasteiger charge is 2.16. The molecule has 2 unspecified atom stereocenters. The van der Waals surface area contributed by atoms with Gasteiger partial charge < -0.3 is 14.9 Å². The summed E-state index contributed by atoms with van der Waals surface area (Å²) in [5, 5.41) is 15.7. The van der Waals surface area contributed by atoms with E-state index in [9.17, 15) is 9.90 Å². The Morgan fingerprint density at radius 3 is 2.81 bits per heavy atom. The van der Waals surface area contributed by atoms with Crippen LogP contribution in [0.4, 0.5) is 0 Å². The maximum Gasteiger partial charge on any atom is 0.292 e. The van der Waals surface area contributed by atoms with Crippen LogP contribution in [0.3, 0.4) is 0 Å². The van der Waals surface area contributed by atoms with E-state index < -0.39 is 12.0 Å². The molecule has 2 atom stereocenters. The number of aliphatic hydroxyl groups excluding tert-OH is 1. The third kappa shape index (κ3) is 3.30. The number of hydrogen-bond donors (Lipinski definition) is 2. The van der Waals surface area contributed by atoms with Gasteiger partial charge in [-0.2, -0.15) is 4.98 Å². The molecule has 0 bridgehead atoms. The number of aromatic nitrogens is 2. The van der Waals surface area contributed by atoms with E-state index in [0.29, 0.717) is 5.89 Å². The minimum absolute atomic E-state index is 0.00569. The number of aryl methyl sites for hydroxylation is 1. The molecule has 1 aromatic rings. The third-order valence-corrected chi connectivity index (χ3v) is 2.50. The average Bonchev–Trinajstić information content (AvgIpc) is 2.71. The Balaban J connectivity index is 2.41. The average molecular weight is 227 g/mol. The molecule has 90 valence electrons. The molecule has 1 amide bonds. The van der Waals surface area contributed by atoms with Crippen molar-refractivity contribution in [3.8, 4) is 0 Å². The third-order valence-electron chi connectivity index (χ3n) is 2.50. The van der Waals surface area contributed by atoms with Gasteiger partial charge in [-0.1, -0.05) is 25.4 Å². The SMILES string of the molecule is CCC(C)C(O)CNC(=O)c1noc(C)n1. The van der Waals surface area contributed by atoms with Gasteiger partial charge in [-0.3, -0.25) is 4.79 Å². The molecule has 16 heavy (non-hydrogen) atoms. The van der Waals surface area contributed by atoms with E-state index in [0.717, 1.165) is 6.42 Å². The predicted molar refractivity (Wildman–Crippen MR) is 56.8 cm³/mol. The number of amides is 1. The van der Waals surface area contributed by atoms with E-state index in [1.165, 1.54) is 0 Å². The van der Waals surface area contributed by atoms with Gasteiger partial charge in [-0.05, 0) is 5.92 Å². The standard InChI is InChI=1S/C10H17N3O3/c1-4-6(2)8(14)5-11-10(15)9-12-7(3)16-13-9/h6,8,14H,4-5H2,1-3H3,(H,11,15). The lowest BCUT2D eigenvalue weighted by Crippen LogP contribution is -2.35. The Morgan fingerprint density at radius 2 is 2.31 bits per heavy atom. The molecule has 6 nitrogen and oxygen atoms in total. The molecular formula is C10H17N3O3. The number of rotatable bonds is 5. The smallest absolute Gasteiger partial charge is 0.292 e. The molecule has 0 saturated heterocycles. The van der Waals surface area contributed by atoms with Crippen molar-refractivity contribution in [3.05, 3.63) is 11.7 Å². The van der Waals surface area contributed by atoms with E-state index in [4.69, 9.17) is 0 Å². The number of nitrogens with zero attached hydrogens (tertiary/aromatic N) is 2. The van der Waals surface area contributed by atoms with Gasteiger partial charge in [0.05, 0.1) is 6.10 Å². The molecule has 1 aromatic heterocycles. The van der Waals surface area contributed by atoms with Crippen LogP contribution in [0.5, 0.6) is 0 Å². The van der Waals surface area contributed by atoms with Gasteiger partial charge in [0.2, 0.25) is 5.89 Å². The Kier molecular flexibility index (Phi) is 4.42. The lowest BCUT2D eigenvalue weighted by molar-refractivity contribution is 0.0839. The Bertz CT molecular complexity index is 351. The van der Waals surface area contributed by atoms with Crippen molar-refractivity contribution in [2.45, 2.75) is 33.3 Å². The zero-order chi connectivity index (χ0) is 12.1. The lowest BCUT2D eigenvalue weighted by Gasteiger charge is -2.16. The van der Waals surface area contributed by atoms with E-state index >= 15 is 0 Å². The Hall–Kier alpha value is -1.43. The summed E-state index contributed by atoms with van der Waals surface area (Å²) in [7, 11) is 0. The highest BCUT2D eigenvalue weighted by atomic mass is 16.5. The van der Waals surface area contributed by atoms with Crippen molar-refractivity contribution in [1.82, 2.24) is 15.5 Å². The minimum Gasteiger partial charge on any atom is -0.391 e. The van der Waals surface area contributed by atoms with Gasteiger partial charge in [-0.15, -0.1) is 0 Å². The largest absolute Gasteiger partial charge is 0.391 e. The summed E-state index contributed by atoms with van der Waals surface area (Å²) in [6, 6.07) is 0. The zero-order valence-electron chi connectivity index (χ0n) is 9.73. The van der Waals surface area contributed by atoms with Crippen molar-refractivity contribution in [2.24, 2.45) is 5.92 Å². The summed E-state index contributed by atoms with van der Waals surface area (Å²) in [6.45, 7) is 5.72. The van der Waals surface area contributed by atoms with Gasteiger partial charge in [0.1, 0.15) is 0 Å². The van der Waals surface area contributed by atoms with Crippen molar-refractivity contribution in [2.75, 3.05) is 6.54 Å². The fraction of sp³-hybridized carbons (Fsp3) is 0.700. The summed E-state index contributed by atoms with van der Waals surface area (Å²) in [5.41, 5.74) is 0. The summed E-state index contributed by atoms with van der Waals surface area (Å²) in [4.78, 5) is 15.2. The fourth-order valence-electron chi connectivity index (χ4n) is 1.14. The van der Waals surface area contributed by atoms with Crippen molar-refractivity contribution < 1.29 is 14.4 Å². The first-order valence-electron chi connectivity index (χ1n) is 5.31. The normalized spacial score (nSPS) is 14.5. The van der Waals surface area contributed by atoms with E-state index in [-0.39, 0.29) is 18.3 Å². The topological polar surface area (TPSA) is 88.2 Å². The van der Waals surface area contributed by atoms with Crippen molar-refractivity contribution >= 4 is 5.91 Å². The van der Waals surface area contributed by atoms with Gasteiger partial charge >= 0.3 is 0 Å². The number of carbonyl (C=O) groups is 1. The van der Waals surface area contributed by atoms with Gasteiger partial charge in [0, 0.05) is 13.5 Å². The van der Waals surface area contributed by atoms with Crippen LogP contribution in [0.15, 0.2) is 4.52 Å². The minimum atomic E-state index is -0.554. The van der Waals surface area contributed by atoms with Gasteiger partial charge in [0.25, 0.3) is 11.7 Å². The monoisotopic (exact) mass is 227 g/mol. The molecule has 1 heterocycles. The van der Waals surface area contributed by atoms with Crippen LogP contribution in [0, 0.1) is 12.8 Å². The summed E-state index contributed by atoms with van der Waals surface area (Å²) in [6.07, 6.45) is 0.306. The molecule has 0 aliphatic rings. The second kappa shape index (κ2) is 5.60. The second-order valence-corrected chi connectivity index (χ2v) is 3.80. The number of nitrogens with one attached hydrogen (secondary N) is 1. The lowest BCUT2D eigenvalue weighted by atomic mass is 10.0. The summed E-state index contributed by atoms with van der Waals surface area (Å²) >= 11 is 0. The van der Waals surface area contributed by atoms with E-state index in [1.807, 2.05) is 13.8 Å². The van der Waals surface area contributed by atoms with Crippen LogP contribution in [0.25, 0.3) is 0 Å². The highest BCUT2D eigenvalue weighted by Crippen LogP contribution is 2.06. The maximum absolute atomic E-state index is 11.5. The molecular weight excluding hydrogens is 210 g/mol. The predicted octanol–water partition coefficient (Wildman–Crippen LogP) is 0.515. The summed E-state index contributed by atoms with van der Waals surface area (Å²) in [5.74, 6) is 0.0491. The highest BCUT2D eigenvalue weighted by molar-refractivity contribution is 5.90. The van der Waals surface area contributed by atoms with Crippen molar-refractivity contribution in [1.29, 1.82) is 0 Å². The first-order chi connectivity index (χ1) is 7.54. The molecule has 0 radical (unpaired) electrons. The maximum atomic E-state index is 11.5. The molecule has 0 saturated carbocycles. The molecule has 0 aliphatic heterocycles. The number of carbonyl (C=O) groups excluding carboxylic acids is 1. The van der Waals surface area contributed by atoms with Crippen LogP contribution in [-0.4, -0.2) is 33.8 Å². The van der Waals surface area contributed by atoms with Gasteiger partial charge in [-0.25, -0.2) is 0 Å².